The summed E-state index contributed by atoms with van der Waals surface area (Å²) in [7, 11) is 1.60. The second-order valence-electron chi connectivity index (χ2n) is 10.1. The number of halogens is 1. The number of aryl methyl sites for hydroxylation is 1. The van der Waals surface area contributed by atoms with Gasteiger partial charge in [0.25, 0.3) is 11.5 Å². The Morgan fingerprint density at radius 2 is 1.71 bits per heavy atom. The number of para-hydroxylation sites is 1. The van der Waals surface area contributed by atoms with E-state index in [4.69, 9.17) is 21.9 Å². The SMILES string of the molecule is COc1ccc(CN2C(=O)C(=Cc3c(N4CCN(c5ccccc5F)CC4)nc4ccc(C)cn4c3=O)SC2=S)cc1. The standard InChI is InChI=1S/C31H28FN5O3S2/c1-20-7-12-27-33-28(35-15-13-34(14-16-35)25-6-4-3-5-24(25)32)23(29(38)36(27)18-20)17-26-30(39)37(31(41)42-26)19-21-8-10-22(40-2)11-9-21/h3-12,17-18H,13-16,19H2,1-2H3. The summed E-state index contributed by atoms with van der Waals surface area (Å²) in [6.07, 6.45) is 3.37. The van der Waals surface area contributed by atoms with Crippen molar-refractivity contribution in [2.75, 3.05) is 43.1 Å². The first-order chi connectivity index (χ1) is 20.3. The third kappa shape index (κ3) is 5.37. The summed E-state index contributed by atoms with van der Waals surface area (Å²) in [6, 6.07) is 17.9. The summed E-state index contributed by atoms with van der Waals surface area (Å²) < 4.78 is 21.6. The highest BCUT2D eigenvalue weighted by Crippen LogP contribution is 2.35. The molecule has 0 radical (unpaired) electrons. The van der Waals surface area contributed by atoms with Crippen molar-refractivity contribution >= 4 is 57.4 Å². The first-order valence-electron chi connectivity index (χ1n) is 13.5. The average Bonchev–Trinajstić information content (AvgIpc) is 3.26. The number of carbonyl (C=O) groups excluding carboxylic acids is 1. The lowest BCUT2D eigenvalue weighted by Crippen LogP contribution is -2.47. The molecule has 2 aliphatic rings. The lowest BCUT2D eigenvalue weighted by Gasteiger charge is -2.37. The van der Waals surface area contributed by atoms with Gasteiger partial charge in [0.2, 0.25) is 0 Å². The van der Waals surface area contributed by atoms with E-state index in [2.05, 4.69) is 0 Å². The van der Waals surface area contributed by atoms with Gasteiger partial charge in [0.1, 0.15) is 27.4 Å². The molecule has 2 aromatic heterocycles. The van der Waals surface area contributed by atoms with Crippen LogP contribution in [0.2, 0.25) is 0 Å². The maximum Gasteiger partial charge on any atom is 0.267 e. The number of thiocarbonyl (C=S) groups is 1. The summed E-state index contributed by atoms with van der Waals surface area (Å²) in [6.45, 7) is 4.39. The van der Waals surface area contributed by atoms with E-state index < -0.39 is 0 Å². The number of fused-ring (bicyclic) bond motifs is 1. The molecule has 0 saturated carbocycles. The van der Waals surface area contributed by atoms with Gasteiger partial charge in [-0.3, -0.25) is 18.9 Å². The Labute approximate surface area is 252 Å². The molecular formula is C31H28FN5O3S2. The minimum Gasteiger partial charge on any atom is -0.497 e. The number of carbonyl (C=O) groups is 1. The summed E-state index contributed by atoms with van der Waals surface area (Å²) in [4.78, 5) is 38.2. The Morgan fingerprint density at radius 1 is 1.00 bits per heavy atom. The highest BCUT2D eigenvalue weighted by Gasteiger charge is 2.33. The highest BCUT2D eigenvalue weighted by atomic mass is 32.2. The number of thioether (sulfide) groups is 1. The van der Waals surface area contributed by atoms with Gasteiger partial charge in [-0.25, -0.2) is 9.37 Å². The summed E-state index contributed by atoms with van der Waals surface area (Å²) >= 11 is 6.75. The van der Waals surface area contributed by atoms with Crippen LogP contribution in [0, 0.1) is 12.7 Å². The molecule has 8 nitrogen and oxygen atoms in total. The second-order valence-corrected chi connectivity index (χ2v) is 11.8. The van der Waals surface area contributed by atoms with Gasteiger partial charge in [-0.1, -0.05) is 54.3 Å². The molecule has 11 heteroatoms. The van der Waals surface area contributed by atoms with Crippen LogP contribution < -0.4 is 20.1 Å². The van der Waals surface area contributed by atoms with Crippen LogP contribution in [0.15, 0.2) is 76.6 Å². The van der Waals surface area contributed by atoms with E-state index in [0.717, 1.165) is 16.9 Å². The van der Waals surface area contributed by atoms with Gasteiger partial charge in [-0.2, -0.15) is 0 Å². The van der Waals surface area contributed by atoms with Crippen molar-refractivity contribution in [1.82, 2.24) is 14.3 Å². The van der Waals surface area contributed by atoms with Crippen LogP contribution in [0.4, 0.5) is 15.9 Å². The fraction of sp³-hybridized carbons (Fsp3) is 0.226. The number of hydrogen-bond donors (Lipinski definition) is 0. The van der Waals surface area contributed by atoms with Gasteiger partial charge >= 0.3 is 0 Å². The van der Waals surface area contributed by atoms with Crippen molar-refractivity contribution in [2.24, 2.45) is 0 Å². The van der Waals surface area contributed by atoms with E-state index >= 15 is 0 Å². The summed E-state index contributed by atoms with van der Waals surface area (Å²) in [5.74, 6) is 0.703. The Morgan fingerprint density at radius 3 is 2.43 bits per heavy atom. The fourth-order valence-corrected chi connectivity index (χ4v) is 6.40. The number of methoxy groups -OCH3 is 1. The van der Waals surface area contributed by atoms with Crippen LogP contribution in [-0.4, -0.2) is 57.8 Å². The highest BCUT2D eigenvalue weighted by molar-refractivity contribution is 8.26. The molecule has 2 aliphatic heterocycles. The Kier molecular flexibility index (Phi) is 7.70. The van der Waals surface area contributed by atoms with Crippen LogP contribution in [0.3, 0.4) is 0 Å². The van der Waals surface area contributed by atoms with E-state index in [-0.39, 0.29) is 17.3 Å². The number of nitrogens with zero attached hydrogens (tertiary/aromatic N) is 5. The van der Waals surface area contributed by atoms with Gasteiger partial charge in [-0.15, -0.1) is 0 Å². The van der Waals surface area contributed by atoms with E-state index in [1.807, 2.05) is 59.2 Å². The van der Waals surface area contributed by atoms with Crippen LogP contribution in [0.25, 0.3) is 11.7 Å². The number of aromatic nitrogens is 2. The molecule has 42 heavy (non-hydrogen) atoms. The minimum absolute atomic E-state index is 0.259. The van der Waals surface area contributed by atoms with E-state index in [1.54, 1.807) is 31.5 Å². The molecule has 2 fully saturated rings. The van der Waals surface area contributed by atoms with Crippen molar-refractivity contribution in [3.63, 3.8) is 0 Å². The molecule has 0 aliphatic carbocycles. The first kappa shape index (κ1) is 27.9. The molecular weight excluding hydrogens is 574 g/mol. The fourth-order valence-electron chi connectivity index (χ4n) is 5.16. The Balaban J connectivity index is 1.33. The third-order valence-corrected chi connectivity index (χ3v) is 8.78. The number of benzene rings is 2. The van der Waals surface area contributed by atoms with E-state index in [1.165, 1.54) is 27.1 Å². The van der Waals surface area contributed by atoms with Crippen molar-refractivity contribution in [1.29, 1.82) is 0 Å². The molecule has 4 heterocycles. The maximum atomic E-state index is 14.4. The van der Waals surface area contributed by atoms with Crippen LogP contribution in [-0.2, 0) is 11.3 Å². The maximum absolute atomic E-state index is 14.4. The van der Waals surface area contributed by atoms with Crippen molar-refractivity contribution in [2.45, 2.75) is 13.5 Å². The molecule has 6 rings (SSSR count). The molecule has 0 bridgehead atoms. The van der Waals surface area contributed by atoms with Crippen molar-refractivity contribution in [3.05, 3.63) is 105 Å². The van der Waals surface area contributed by atoms with Gasteiger partial charge in [0.05, 0.1) is 29.8 Å². The largest absolute Gasteiger partial charge is 0.497 e. The van der Waals surface area contributed by atoms with E-state index in [0.29, 0.717) is 64.7 Å². The van der Waals surface area contributed by atoms with E-state index in [9.17, 15) is 14.0 Å². The predicted molar refractivity (Wildman–Crippen MR) is 169 cm³/mol. The number of piperazine rings is 1. The molecule has 0 N–H and O–H groups in total. The molecule has 2 aromatic carbocycles. The Hall–Kier alpha value is -4.22. The molecule has 2 saturated heterocycles. The zero-order valence-electron chi connectivity index (χ0n) is 23.1. The molecule has 0 spiro atoms. The van der Waals surface area contributed by atoms with Gasteiger partial charge in [-0.05, 0) is 54.5 Å². The smallest absolute Gasteiger partial charge is 0.267 e. The average molecular weight is 602 g/mol. The number of ether oxygens (including phenoxy) is 1. The molecule has 0 atom stereocenters. The lowest BCUT2D eigenvalue weighted by atomic mass is 10.2. The summed E-state index contributed by atoms with van der Waals surface area (Å²) in [5.41, 5.74) is 2.94. The molecule has 1 amide bonds. The molecule has 214 valence electrons. The quantitative estimate of drug-likeness (QED) is 0.229. The van der Waals surface area contributed by atoms with Crippen LogP contribution in [0.5, 0.6) is 5.75 Å². The number of pyridine rings is 1. The number of anilines is 2. The van der Waals surface area contributed by atoms with Crippen LogP contribution >= 0.6 is 24.0 Å². The lowest BCUT2D eigenvalue weighted by molar-refractivity contribution is -0.122. The van der Waals surface area contributed by atoms with Gasteiger partial charge in [0.15, 0.2) is 0 Å². The first-order valence-corrected chi connectivity index (χ1v) is 14.7. The molecule has 4 aromatic rings. The zero-order chi connectivity index (χ0) is 29.4. The van der Waals surface area contributed by atoms with Crippen molar-refractivity contribution in [3.8, 4) is 5.75 Å². The minimum atomic E-state index is -0.268. The van der Waals surface area contributed by atoms with Gasteiger partial charge in [0, 0.05) is 32.4 Å². The second kappa shape index (κ2) is 11.6. The molecule has 0 unspecified atom stereocenters. The third-order valence-electron chi connectivity index (χ3n) is 7.41. The monoisotopic (exact) mass is 601 g/mol. The van der Waals surface area contributed by atoms with Crippen molar-refractivity contribution < 1.29 is 13.9 Å². The number of amides is 1. The topological polar surface area (TPSA) is 70.4 Å². The normalized spacial score (nSPS) is 16.6. The number of hydrogen-bond acceptors (Lipinski definition) is 8. The van der Waals surface area contributed by atoms with Gasteiger partial charge < -0.3 is 14.5 Å². The predicted octanol–water partition coefficient (Wildman–Crippen LogP) is 4.88. The Bertz CT molecular complexity index is 1780. The van der Waals surface area contributed by atoms with Crippen LogP contribution in [0.1, 0.15) is 16.7 Å². The zero-order valence-corrected chi connectivity index (χ0v) is 24.8. The summed E-state index contributed by atoms with van der Waals surface area (Å²) in [5, 5.41) is 0. The number of rotatable bonds is 6.